The van der Waals surface area contributed by atoms with Crippen LogP contribution < -0.4 is 10.1 Å². The summed E-state index contributed by atoms with van der Waals surface area (Å²) in [6.07, 6.45) is 0. The minimum Gasteiger partial charge on any atom is -0.504 e. The first-order chi connectivity index (χ1) is 10.1. The highest BCUT2D eigenvalue weighted by molar-refractivity contribution is 7.99. The molecule has 2 rings (SSSR count). The third-order valence-corrected chi connectivity index (χ3v) is 3.59. The summed E-state index contributed by atoms with van der Waals surface area (Å²) < 4.78 is 29.5. The predicted octanol–water partition coefficient (Wildman–Crippen LogP) is 4.33. The van der Waals surface area contributed by atoms with Gasteiger partial charge < -0.3 is 15.2 Å². The summed E-state index contributed by atoms with van der Waals surface area (Å²) in [4.78, 5) is 0.514. The first kappa shape index (κ1) is 15.4. The molecule has 0 heterocycles. The van der Waals surface area contributed by atoms with E-state index in [1.54, 1.807) is 42.5 Å². The largest absolute Gasteiger partial charge is 0.504 e. The van der Waals surface area contributed by atoms with E-state index in [0.717, 1.165) is 5.69 Å². The molecule has 2 aromatic carbocycles. The molecule has 0 unspecified atom stereocenters. The standard InChI is InChI=1S/C15H15F2NO2S/c1-20-13-4-2-3-10(14(13)19)9-18-11-5-7-12(8-6-11)21-15(16)17/h2-8,15,18-19H,9H2,1H3. The molecular formula is C15H15F2NO2S. The number of ether oxygens (including phenoxy) is 1. The Hall–Kier alpha value is -1.95. The number of benzene rings is 2. The van der Waals surface area contributed by atoms with Crippen molar-refractivity contribution in [3.05, 3.63) is 48.0 Å². The maximum absolute atomic E-state index is 12.2. The van der Waals surface area contributed by atoms with Crippen molar-refractivity contribution < 1.29 is 18.6 Å². The Kier molecular flexibility index (Phi) is 5.27. The van der Waals surface area contributed by atoms with Gasteiger partial charge in [0.15, 0.2) is 11.5 Å². The van der Waals surface area contributed by atoms with Crippen LogP contribution in [0.25, 0.3) is 0 Å². The van der Waals surface area contributed by atoms with Gasteiger partial charge in [0, 0.05) is 22.7 Å². The third kappa shape index (κ3) is 4.26. The number of hydrogen-bond acceptors (Lipinski definition) is 4. The summed E-state index contributed by atoms with van der Waals surface area (Å²) in [5.74, 6) is -1.91. The Morgan fingerprint density at radius 1 is 1.19 bits per heavy atom. The smallest absolute Gasteiger partial charge is 0.288 e. The van der Waals surface area contributed by atoms with Crippen LogP contribution in [0.2, 0.25) is 0 Å². The zero-order valence-electron chi connectivity index (χ0n) is 11.3. The number of aromatic hydroxyl groups is 1. The van der Waals surface area contributed by atoms with Crippen molar-refractivity contribution in [2.75, 3.05) is 12.4 Å². The van der Waals surface area contributed by atoms with E-state index in [9.17, 15) is 13.9 Å². The van der Waals surface area contributed by atoms with E-state index < -0.39 is 5.76 Å². The van der Waals surface area contributed by atoms with Crippen molar-refractivity contribution in [3.63, 3.8) is 0 Å². The molecule has 21 heavy (non-hydrogen) atoms. The number of phenols is 1. The second-order valence-electron chi connectivity index (χ2n) is 4.22. The summed E-state index contributed by atoms with van der Waals surface area (Å²) in [5, 5.41) is 13.1. The van der Waals surface area contributed by atoms with Gasteiger partial charge in [-0.05, 0) is 30.3 Å². The average molecular weight is 311 g/mol. The van der Waals surface area contributed by atoms with E-state index in [4.69, 9.17) is 4.74 Å². The van der Waals surface area contributed by atoms with Gasteiger partial charge in [-0.3, -0.25) is 0 Å². The highest BCUT2D eigenvalue weighted by Gasteiger charge is 2.07. The fourth-order valence-corrected chi connectivity index (χ4v) is 2.33. The van der Waals surface area contributed by atoms with Gasteiger partial charge in [-0.1, -0.05) is 23.9 Å². The lowest BCUT2D eigenvalue weighted by atomic mass is 10.2. The maximum Gasteiger partial charge on any atom is 0.288 e. The van der Waals surface area contributed by atoms with Gasteiger partial charge in [0.1, 0.15) is 0 Å². The third-order valence-electron chi connectivity index (χ3n) is 2.86. The number of hydrogen-bond donors (Lipinski definition) is 2. The molecule has 0 atom stereocenters. The first-order valence-corrected chi connectivity index (χ1v) is 7.11. The average Bonchev–Trinajstić information content (AvgIpc) is 2.47. The minimum atomic E-state index is -2.42. The van der Waals surface area contributed by atoms with Crippen molar-refractivity contribution in [2.45, 2.75) is 17.2 Å². The van der Waals surface area contributed by atoms with Gasteiger partial charge in [-0.25, -0.2) is 0 Å². The number of rotatable bonds is 6. The molecule has 112 valence electrons. The second kappa shape index (κ2) is 7.17. The van der Waals surface area contributed by atoms with Crippen LogP contribution in [0.15, 0.2) is 47.4 Å². The number of nitrogens with one attached hydrogen (secondary N) is 1. The van der Waals surface area contributed by atoms with Crippen molar-refractivity contribution >= 4 is 17.4 Å². The van der Waals surface area contributed by atoms with Crippen molar-refractivity contribution in [1.29, 1.82) is 0 Å². The molecule has 0 saturated carbocycles. The number of anilines is 1. The summed E-state index contributed by atoms with van der Waals surface area (Å²) in [6, 6.07) is 12.0. The molecule has 0 aliphatic heterocycles. The molecule has 2 aromatic rings. The van der Waals surface area contributed by atoms with E-state index in [1.165, 1.54) is 7.11 Å². The molecule has 0 aliphatic rings. The fraction of sp³-hybridized carbons (Fsp3) is 0.200. The van der Waals surface area contributed by atoms with Gasteiger partial charge >= 0.3 is 0 Å². The van der Waals surface area contributed by atoms with Gasteiger partial charge in [-0.15, -0.1) is 0 Å². The predicted molar refractivity (Wildman–Crippen MR) is 80.3 cm³/mol. The number of alkyl halides is 2. The summed E-state index contributed by atoms with van der Waals surface area (Å²) in [5.41, 5.74) is 1.48. The van der Waals surface area contributed by atoms with Crippen LogP contribution in [-0.4, -0.2) is 18.0 Å². The Bertz CT molecular complexity index is 591. The number of phenolic OH excluding ortho intramolecular Hbond substituents is 1. The van der Waals surface area contributed by atoms with E-state index in [0.29, 0.717) is 34.5 Å². The van der Waals surface area contributed by atoms with E-state index in [2.05, 4.69) is 5.32 Å². The lowest BCUT2D eigenvalue weighted by molar-refractivity contribution is 0.252. The number of para-hydroxylation sites is 1. The molecule has 0 saturated heterocycles. The number of methoxy groups -OCH3 is 1. The molecule has 2 N–H and O–H groups in total. The summed E-state index contributed by atoms with van der Waals surface area (Å²) >= 11 is 0.511. The van der Waals surface area contributed by atoms with E-state index >= 15 is 0 Å². The van der Waals surface area contributed by atoms with Crippen molar-refractivity contribution in [2.24, 2.45) is 0 Å². The van der Waals surface area contributed by atoms with Gasteiger partial charge in [0.25, 0.3) is 5.76 Å². The van der Waals surface area contributed by atoms with E-state index in [1.807, 2.05) is 0 Å². The van der Waals surface area contributed by atoms with Gasteiger partial charge in [0.2, 0.25) is 0 Å². The summed E-state index contributed by atoms with van der Waals surface area (Å²) in [6.45, 7) is 0.407. The quantitative estimate of drug-likeness (QED) is 0.779. The Morgan fingerprint density at radius 2 is 1.90 bits per heavy atom. The molecule has 0 amide bonds. The van der Waals surface area contributed by atoms with Crippen molar-refractivity contribution in [3.8, 4) is 11.5 Å². The van der Waals surface area contributed by atoms with Crippen LogP contribution in [0.3, 0.4) is 0 Å². The van der Waals surface area contributed by atoms with Crippen LogP contribution in [0, 0.1) is 0 Å². The maximum atomic E-state index is 12.2. The highest BCUT2D eigenvalue weighted by Crippen LogP contribution is 2.30. The number of halogens is 2. The SMILES string of the molecule is COc1cccc(CNc2ccc(SC(F)F)cc2)c1O. The van der Waals surface area contributed by atoms with Crippen LogP contribution >= 0.6 is 11.8 Å². The van der Waals surface area contributed by atoms with Gasteiger partial charge in [-0.2, -0.15) is 8.78 Å². The monoisotopic (exact) mass is 311 g/mol. The Morgan fingerprint density at radius 3 is 2.52 bits per heavy atom. The zero-order chi connectivity index (χ0) is 15.2. The topological polar surface area (TPSA) is 41.5 Å². The van der Waals surface area contributed by atoms with E-state index in [-0.39, 0.29) is 5.75 Å². The lowest BCUT2D eigenvalue weighted by Crippen LogP contribution is -2.00. The van der Waals surface area contributed by atoms with Crippen molar-refractivity contribution in [1.82, 2.24) is 0 Å². The van der Waals surface area contributed by atoms with Crippen LogP contribution in [0.5, 0.6) is 11.5 Å². The molecule has 0 aliphatic carbocycles. The molecule has 6 heteroatoms. The van der Waals surface area contributed by atoms with Crippen LogP contribution in [-0.2, 0) is 6.54 Å². The molecule has 0 aromatic heterocycles. The molecule has 0 spiro atoms. The fourth-order valence-electron chi connectivity index (χ4n) is 1.83. The molecule has 0 radical (unpaired) electrons. The normalized spacial score (nSPS) is 10.7. The minimum absolute atomic E-state index is 0.0948. The summed E-state index contributed by atoms with van der Waals surface area (Å²) in [7, 11) is 1.49. The molecule has 3 nitrogen and oxygen atoms in total. The zero-order valence-corrected chi connectivity index (χ0v) is 12.2. The van der Waals surface area contributed by atoms with Crippen LogP contribution in [0.4, 0.5) is 14.5 Å². The van der Waals surface area contributed by atoms with Crippen LogP contribution in [0.1, 0.15) is 5.56 Å². The highest BCUT2D eigenvalue weighted by atomic mass is 32.2. The molecule has 0 fully saturated rings. The molecular weight excluding hydrogens is 296 g/mol. The molecule has 0 bridgehead atoms. The first-order valence-electron chi connectivity index (χ1n) is 6.23. The lowest BCUT2D eigenvalue weighted by Gasteiger charge is -2.11. The number of thioether (sulfide) groups is 1. The van der Waals surface area contributed by atoms with Gasteiger partial charge in [0.05, 0.1) is 7.11 Å². The Balaban J connectivity index is 2.00. The Labute approximate surface area is 125 Å². The second-order valence-corrected chi connectivity index (χ2v) is 5.29.